The van der Waals surface area contributed by atoms with Crippen LogP contribution in [-0.4, -0.2) is 13.8 Å². The molecule has 0 atom stereocenters. The third kappa shape index (κ3) is 2.16. The number of hydrogen-bond donors (Lipinski definition) is 1. The normalized spacial score (nSPS) is 10.5. The third-order valence-corrected chi connectivity index (χ3v) is 1.98. The van der Waals surface area contributed by atoms with Crippen LogP contribution in [0, 0.1) is 0 Å². The topological polar surface area (TPSA) is 51.5 Å². The zero-order valence-electron chi connectivity index (χ0n) is 8.32. The van der Waals surface area contributed by atoms with Crippen LogP contribution in [0.4, 0.5) is 0 Å². The van der Waals surface area contributed by atoms with Gasteiger partial charge >= 0.3 is 5.63 Å². The number of ether oxygens (including phenoxy) is 1. The van der Waals surface area contributed by atoms with Gasteiger partial charge in [0.25, 0.3) is 0 Å². The molecule has 0 saturated heterocycles. The van der Waals surface area contributed by atoms with Gasteiger partial charge in [-0.1, -0.05) is 0 Å². The predicted molar refractivity (Wildman–Crippen MR) is 57.0 cm³/mol. The maximum atomic E-state index is 11.0. The van der Waals surface area contributed by atoms with E-state index in [1.54, 1.807) is 19.2 Å². The van der Waals surface area contributed by atoms with Gasteiger partial charge in [-0.15, -0.1) is 0 Å². The van der Waals surface area contributed by atoms with E-state index in [1.807, 2.05) is 12.1 Å². The van der Waals surface area contributed by atoms with Crippen molar-refractivity contribution in [2.75, 3.05) is 13.8 Å². The molecule has 4 heteroatoms. The van der Waals surface area contributed by atoms with Gasteiger partial charge in [0.05, 0.1) is 0 Å². The van der Waals surface area contributed by atoms with E-state index in [0.717, 1.165) is 5.39 Å². The van der Waals surface area contributed by atoms with Gasteiger partial charge in [0, 0.05) is 17.5 Å². The van der Waals surface area contributed by atoms with Crippen molar-refractivity contribution >= 4 is 11.0 Å². The Morgan fingerprint density at radius 2 is 2.13 bits per heavy atom. The first-order valence-electron chi connectivity index (χ1n) is 4.61. The second-order valence-electron chi connectivity index (χ2n) is 3.10. The van der Waals surface area contributed by atoms with Crippen LogP contribution >= 0.6 is 0 Å². The fourth-order valence-electron chi connectivity index (χ4n) is 1.29. The molecule has 0 amide bonds. The third-order valence-electron chi connectivity index (χ3n) is 1.98. The highest BCUT2D eigenvalue weighted by atomic mass is 16.5. The molecule has 1 heterocycles. The Morgan fingerprint density at radius 3 is 2.93 bits per heavy atom. The van der Waals surface area contributed by atoms with Gasteiger partial charge < -0.3 is 9.15 Å². The number of rotatable bonds is 3. The molecule has 15 heavy (non-hydrogen) atoms. The number of benzene rings is 1. The molecule has 4 nitrogen and oxygen atoms in total. The average Bonchev–Trinajstić information content (AvgIpc) is 2.25. The van der Waals surface area contributed by atoms with Crippen LogP contribution in [0.25, 0.3) is 11.0 Å². The monoisotopic (exact) mass is 205 g/mol. The molecule has 1 aromatic heterocycles. The summed E-state index contributed by atoms with van der Waals surface area (Å²) in [5, 5.41) is 3.74. The van der Waals surface area contributed by atoms with Gasteiger partial charge in [-0.25, -0.2) is 4.79 Å². The fraction of sp³-hybridized carbons (Fsp3) is 0.182. The van der Waals surface area contributed by atoms with Crippen molar-refractivity contribution in [3.63, 3.8) is 0 Å². The highest BCUT2D eigenvalue weighted by Gasteiger charge is 1.99. The molecular weight excluding hydrogens is 194 g/mol. The molecule has 0 aliphatic rings. The first-order valence-corrected chi connectivity index (χ1v) is 4.61. The summed E-state index contributed by atoms with van der Waals surface area (Å²) in [5.41, 5.74) is 0.185. The maximum Gasteiger partial charge on any atom is 0.336 e. The SMILES string of the molecule is CNCOc1ccc2ccc(=O)oc2c1. The maximum absolute atomic E-state index is 11.0. The standard InChI is InChI=1S/C11H11NO3/c1-12-7-14-9-4-2-8-3-5-11(13)15-10(8)6-9/h2-6,12H,7H2,1H3. The van der Waals surface area contributed by atoms with Crippen molar-refractivity contribution in [1.82, 2.24) is 5.32 Å². The van der Waals surface area contributed by atoms with Gasteiger partial charge in [0.15, 0.2) is 0 Å². The van der Waals surface area contributed by atoms with Crippen molar-refractivity contribution in [2.45, 2.75) is 0 Å². The Kier molecular flexibility index (Phi) is 2.69. The van der Waals surface area contributed by atoms with Crippen LogP contribution in [-0.2, 0) is 0 Å². The van der Waals surface area contributed by atoms with Crippen molar-refractivity contribution in [3.05, 3.63) is 40.8 Å². The Labute approximate surface area is 86.5 Å². The lowest BCUT2D eigenvalue weighted by atomic mass is 10.2. The highest BCUT2D eigenvalue weighted by Crippen LogP contribution is 2.18. The molecule has 0 fully saturated rings. The van der Waals surface area contributed by atoms with Crippen molar-refractivity contribution in [2.24, 2.45) is 0 Å². The fourth-order valence-corrected chi connectivity index (χ4v) is 1.29. The summed E-state index contributed by atoms with van der Waals surface area (Å²) < 4.78 is 10.4. The smallest absolute Gasteiger partial charge is 0.336 e. The Bertz CT molecular complexity index is 518. The minimum absolute atomic E-state index is 0.353. The van der Waals surface area contributed by atoms with Crippen LogP contribution in [0.2, 0.25) is 0 Å². The molecule has 0 aliphatic carbocycles. The first-order chi connectivity index (χ1) is 7.29. The zero-order chi connectivity index (χ0) is 10.7. The molecule has 1 N–H and O–H groups in total. The lowest BCUT2D eigenvalue weighted by molar-refractivity contribution is 0.296. The van der Waals surface area contributed by atoms with Crippen LogP contribution < -0.4 is 15.7 Å². The number of fused-ring (bicyclic) bond motifs is 1. The molecule has 0 radical (unpaired) electrons. The van der Waals surface area contributed by atoms with Crippen LogP contribution in [0.1, 0.15) is 0 Å². The van der Waals surface area contributed by atoms with Crippen molar-refractivity contribution in [1.29, 1.82) is 0 Å². The van der Waals surface area contributed by atoms with Gasteiger partial charge in [-0.05, 0) is 25.2 Å². The average molecular weight is 205 g/mol. The molecule has 0 unspecified atom stereocenters. The molecule has 0 aliphatic heterocycles. The number of nitrogens with one attached hydrogen (secondary N) is 1. The summed E-state index contributed by atoms with van der Waals surface area (Å²) in [6.45, 7) is 0.419. The van der Waals surface area contributed by atoms with E-state index in [0.29, 0.717) is 18.1 Å². The summed E-state index contributed by atoms with van der Waals surface area (Å²) in [4.78, 5) is 11.0. The zero-order valence-corrected chi connectivity index (χ0v) is 8.32. The van der Waals surface area contributed by atoms with Crippen LogP contribution in [0.5, 0.6) is 5.75 Å². The minimum Gasteiger partial charge on any atom is -0.478 e. The lowest BCUT2D eigenvalue weighted by Gasteiger charge is -2.04. The van der Waals surface area contributed by atoms with Crippen molar-refractivity contribution < 1.29 is 9.15 Å². The highest BCUT2D eigenvalue weighted by molar-refractivity contribution is 5.77. The van der Waals surface area contributed by atoms with E-state index in [1.165, 1.54) is 6.07 Å². The van der Waals surface area contributed by atoms with Gasteiger partial charge in [0.2, 0.25) is 0 Å². The van der Waals surface area contributed by atoms with E-state index in [2.05, 4.69) is 5.32 Å². The van der Waals surface area contributed by atoms with E-state index < -0.39 is 0 Å². The molecule has 0 saturated carbocycles. The largest absolute Gasteiger partial charge is 0.478 e. The van der Waals surface area contributed by atoms with E-state index in [4.69, 9.17) is 9.15 Å². The van der Waals surface area contributed by atoms with E-state index >= 15 is 0 Å². The Morgan fingerprint density at radius 1 is 1.33 bits per heavy atom. The predicted octanol–water partition coefficient (Wildman–Crippen LogP) is 1.35. The lowest BCUT2D eigenvalue weighted by Crippen LogP contribution is -2.13. The Hall–Kier alpha value is -1.81. The van der Waals surface area contributed by atoms with Crippen LogP contribution in [0.3, 0.4) is 0 Å². The molecule has 2 aromatic rings. The van der Waals surface area contributed by atoms with E-state index in [9.17, 15) is 4.79 Å². The molecule has 78 valence electrons. The quantitative estimate of drug-likeness (QED) is 0.607. The molecule has 1 aromatic carbocycles. The van der Waals surface area contributed by atoms with Gasteiger partial charge in [-0.3, -0.25) is 5.32 Å². The summed E-state index contributed by atoms with van der Waals surface area (Å²) in [6, 6.07) is 8.51. The Balaban J connectivity index is 2.40. The second kappa shape index (κ2) is 4.14. The number of hydrogen-bond acceptors (Lipinski definition) is 4. The van der Waals surface area contributed by atoms with Gasteiger partial charge in [0.1, 0.15) is 18.1 Å². The summed E-state index contributed by atoms with van der Waals surface area (Å²) in [6.07, 6.45) is 0. The molecule has 2 rings (SSSR count). The second-order valence-corrected chi connectivity index (χ2v) is 3.10. The van der Waals surface area contributed by atoms with Crippen molar-refractivity contribution in [3.8, 4) is 5.75 Å². The summed E-state index contributed by atoms with van der Waals surface area (Å²) >= 11 is 0. The minimum atomic E-state index is -0.353. The summed E-state index contributed by atoms with van der Waals surface area (Å²) in [5.74, 6) is 0.672. The van der Waals surface area contributed by atoms with Gasteiger partial charge in [-0.2, -0.15) is 0 Å². The summed E-state index contributed by atoms with van der Waals surface area (Å²) in [7, 11) is 1.79. The van der Waals surface area contributed by atoms with E-state index in [-0.39, 0.29) is 5.63 Å². The molecule has 0 spiro atoms. The molecule has 0 bridgehead atoms. The first kappa shape index (κ1) is 9.73. The molecular formula is C11H11NO3. The van der Waals surface area contributed by atoms with Crippen LogP contribution in [0.15, 0.2) is 39.5 Å².